The molecule has 0 unspecified atom stereocenters. The molecule has 2 heterocycles. The second kappa shape index (κ2) is 10.1. The van der Waals surface area contributed by atoms with Crippen molar-refractivity contribution in [3.05, 3.63) is 65.2 Å². The molecular weight excluding hydrogens is 455 g/mol. The van der Waals surface area contributed by atoms with E-state index in [0.29, 0.717) is 49.9 Å². The molecule has 0 saturated carbocycles. The van der Waals surface area contributed by atoms with Gasteiger partial charge in [0.1, 0.15) is 0 Å². The maximum absolute atomic E-state index is 12.9. The average Bonchev–Trinajstić information content (AvgIpc) is 2.81. The van der Waals surface area contributed by atoms with E-state index in [-0.39, 0.29) is 0 Å². The van der Waals surface area contributed by atoms with Crippen molar-refractivity contribution in [1.29, 1.82) is 0 Å². The van der Waals surface area contributed by atoms with Gasteiger partial charge in [0.25, 0.3) is 0 Å². The number of hydrogen-bond donors (Lipinski definition) is 0. The van der Waals surface area contributed by atoms with Crippen molar-refractivity contribution in [2.75, 3.05) is 52.5 Å². The van der Waals surface area contributed by atoms with E-state index >= 15 is 0 Å². The molecule has 6 nitrogen and oxygen atoms in total. The zero-order valence-corrected chi connectivity index (χ0v) is 19.1. The lowest BCUT2D eigenvalue weighted by molar-refractivity contribution is -0.137. The van der Waals surface area contributed by atoms with E-state index in [4.69, 9.17) is 4.74 Å². The number of rotatable bonds is 6. The van der Waals surface area contributed by atoms with Crippen LogP contribution in [0.25, 0.3) is 0 Å². The Morgan fingerprint density at radius 1 is 0.788 bits per heavy atom. The van der Waals surface area contributed by atoms with Crippen molar-refractivity contribution in [2.45, 2.75) is 24.2 Å². The standard InChI is InChI=1S/C23H28F3N3O3S/c24-23(25,26)21-5-1-3-19(15-21)17-27-7-9-28(10-8-27)18-20-4-2-6-22(16-20)33(30,31)29-11-13-32-14-12-29/h1-6,15-16H,7-14,17-18H2. The zero-order valence-electron chi connectivity index (χ0n) is 18.3. The van der Waals surface area contributed by atoms with Gasteiger partial charge in [0.2, 0.25) is 10.0 Å². The van der Waals surface area contributed by atoms with Crippen LogP contribution >= 0.6 is 0 Å². The molecule has 0 N–H and O–H groups in total. The van der Waals surface area contributed by atoms with E-state index in [1.165, 1.54) is 16.4 Å². The lowest BCUT2D eigenvalue weighted by Gasteiger charge is -2.35. The fourth-order valence-electron chi connectivity index (χ4n) is 4.21. The van der Waals surface area contributed by atoms with Crippen LogP contribution in [0.3, 0.4) is 0 Å². The highest BCUT2D eigenvalue weighted by atomic mass is 32.2. The van der Waals surface area contributed by atoms with Gasteiger partial charge < -0.3 is 4.74 Å². The van der Waals surface area contributed by atoms with Crippen molar-refractivity contribution in [1.82, 2.24) is 14.1 Å². The van der Waals surface area contributed by atoms with Crippen molar-refractivity contribution in [2.24, 2.45) is 0 Å². The van der Waals surface area contributed by atoms with Crippen LogP contribution in [-0.2, 0) is 34.0 Å². The van der Waals surface area contributed by atoms with Crippen LogP contribution in [0.2, 0.25) is 0 Å². The Morgan fingerprint density at radius 2 is 1.33 bits per heavy atom. The fraction of sp³-hybridized carbons (Fsp3) is 0.478. The third kappa shape index (κ3) is 6.13. The molecule has 2 aliphatic rings. The second-order valence-electron chi connectivity index (χ2n) is 8.41. The summed E-state index contributed by atoms with van der Waals surface area (Å²) in [6.45, 7) is 5.64. The van der Waals surface area contributed by atoms with E-state index in [1.807, 2.05) is 6.07 Å². The normalized spacial score (nSPS) is 19.6. The first kappa shape index (κ1) is 24.2. The van der Waals surface area contributed by atoms with Gasteiger partial charge in [0.15, 0.2) is 0 Å². The van der Waals surface area contributed by atoms with Crippen molar-refractivity contribution >= 4 is 10.0 Å². The Kier molecular flexibility index (Phi) is 7.40. The number of hydrogen-bond acceptors (Lipinski definition) is 5. The molecule has 10 heteroatoms. The van der Waals surface area contributed by atoms with Gasteiger partial charge in [-0.25, -0.2) is 8.42 Å². The molecule has 4 rings (SSSR count). The summed E-state index contributed by atoms with van der Waals surface area (Å²) in [5, 5.41) is 0. The first-order valence-electron chi connectivity index (χ1n) is 11.0. The topological polar surface area (TPSA) is 53.1 Å². The molecule has 180 valence electrons. The third-order valence-electron chi connectivity index (χ3n) is 6.04. The molecule has 0 atom stereocenters. The summed E-state index contributed by atoms with van der Waals surface area (Å²) >= 11 is 0. The third-order valence-corrected chi connectivity index (χ3v) is 7.93. The van der Waals surface area contributed by atoms with Crippen LogP contribution < -0.4 is 0 Å². The summed E-state index contributed by atoms with van der Waals surface area (Å²) in [6.07, 6.45) is -4.33. The van der Waals surface area contributed by atoms with Gasteiger partial charge in [-0.1, -0.05) is 30.3 Å². The van der Waals surface area contributed by atoms with Crippen LogP contribution in [0.15, 0.2) is 53.4 Å². The Hall–Kier alpha value is -1.98. The van der Waals surface area contributed by atoms with Gasteiger partial charge in [0.05, 0.1) is 23.7 Å². The SMILES string of the molecule is O=S(=O)(c1cccc(CN2CCN(Cc3cccc(C(F)(F)F)c3)CC2)c1)N1CCOCC1. The molecule has 2 fully saturated rings. The number of nitrogens with zero attached hydrogens (tertiary/aromatic N) is 3. The first-order chi connectivity index (χ1) is 15.7. The summed E-state index contributed by atoms with van der Waals surface area (Å²) in [4.78, 5) is 4.68. The summed E-state index contributed by atoms with van der Waals surface area (Å²) < 4.78 is 71.4. The highest BCUT2D eigenvalue weighted by Gasteiger charge is 2.30. The molecule has 0 amide bonds. The van der Waals surface area contributed by atoms with Crippen molar-refractivity contribution in [3.8, 4) is 0 Å². The molecule has 0 spiro atoms. The molecule has 2 aromatic carbocycles. The number of alkyl halides is 3. The number of morpholine rings is 1. The van der Waals surface area contributed by atoms with Crippen molar-refractivity contribution < 1.29 is 26.3 Å². The van der Waals surface area contributed by atoms with Gasteiger partial charge >= 0.3 is 6.18 Å². The molecule has 2 aromatic rings. The lowest BCUT2D eigenvalue weighted by Crippen LogP contribution is -2.45. The number of piperazine rings is 1. The molecule has 0 aromatic heterocycles. The molecule has 2 aliphatic heterocycles. The van der Waals surface area contributed by atoms with E-state index in [0.717, 1.165) is 37.8 Å². The predicted octanol–water partition coefficient (Wildman–Crippen LogP) is 3.04. The second-order valence-corrected chi connectivity index (χ2v) is 10.4. The Labute approximate surface area is 192 Å². The van der Waals surface area contributed by atoms with Gasteiger partial charge in [-0.05, 0) is 29.3 Å². The zero-order chi connectivity index (χ0) is 23.5. The van der Waals surface area contributed by atoms with E-state index in [1.54, 1.807) is 24.3 Å². The predicted molar refractivity (Wildman–Crippen MR) is 118 cm³/mol. The van der Waals surface area contributed by atoms with E-state index in [9.17, 15) is 21.6 Å². The summed E-state index contributed by atoms with van der Waals surface area (Å²) in [7, 11) is -3.54. The van der Waals surface area contributed by atoms with E-state index < -0.39 is 21.8 Å². The largest absolute Gasteiger partial charge is 0.416 e. The molecule has 33 heavy (non-hydrogen) atoms. The summed E-state index contributed by atoms with van der Waals surface area (Å²) in [5.41, 5.74) is 0.959. The Balaban J connectivity index is 1.33. The minimum Gasteiger partial charge on any atom is -0.379 e. The number of ether oxygens (including phenoxy) is 1. The number of benzene rings is 2. The minimum absolute atomic E-state index is 0.296. The maximum Gasteiger partial charge on any atom is 0.416 e. The molecule has 0 bridgehead atoms. The highest BCUT2D eigenvalue weighted by molar-refractivity contribution is 7.89. The maximum atomic E-state index is 12.9. The van der Waals surface area contributed by atoms with Gasteiger partial charge in [0, 0.05) is 52.4 Å². The molecule has 0 radical (unpaired) electrons. The lowest BCUT2D eigenvalue weighted by atomic mass is 10.1. The van der Waals surface area contributed by atoms with E-state index in [2.05, 4.69) is 9.80 Å². The monoisotopic (exact) mass is 483 g/mol. The first-order valence-corrected chi connectivity index (χ1v) is 12.4. The van der Waals surface area contributed by atoms with Crippen LogP contribution in [0.5, 0.6) is 0 Å². The summed E-state index contributed by atoms with van der Waals surface area (Å²) in [6, 6.07) is 12.5. The minimum atomic E-state index is -4.33. The Morgan fingerprint density at radius 3 is 1.91 bits per heavy atom. The highest BCUT2D eigenvalue weighted by Crippen LogP contribution is 2.30. The molecule has 0 aliphatic carbocycles. The number of sulfonamides is 1. The quantitative estimate of drug-likeness (QED) is 0.632. The van der Waals surface area contributed by atoms with Crippen molar-refractivity contribution in [3.63, 3.8) is 0 Å². The fourth-order valence-corrected chi connectivity index (χ4v) is 5.69. The van der Waals surface area contributed by atoms with Gasteiger partial charge in [-0.3, -0.25) is 9.80 Å². The Bertz CT molecular complexity index is 1050. The molecular formula is C23H28F3N3O3S. The van der Waals surface area contributed by atoms with Crippen LogP contribution in [0.1, 0.15) is 16.7 Å². The average molecular weight is 484 g/mol. The smallest absolute Gasteiger partial charge is 0.379 e. The summed E-state index contributed by atoms with van der Waals surface area (Å²) in [5.74, 6) is 0. The van der Waals surface area contributed by atoms with Crippen LogP contribution in [0, 0.1) is 0 Å². The van der Waals surface area contributed by atoms with Crippen LogP contribution in [-0.4, -0.2) is 75.0 Å². The van der Waals surface area contributed by atoms with Crippen LogP contribution in [0.4, 0.5) is 13.2 Å². The van der Waals surface area contributed by atoms with Gasteiger partial charge in [-0.15, -0.1) is 0 Å². The molecule has 2 saturated heterocycles. The number of halogens is 3. The van der Waals surface area contributed by atoms with Gasteiger partial charge in [-0.2, -0.15) is 17.5 Å².